The van der Waals surface area contributed by atoms with Crippen LogP contribution in [0.25, 0.3) is 11.3 Å². The highest BCUT2D eigenvalue weighted by Gasteiger charge is 2.25. The largest absolute Gasteiger partial charge is 0.381 e. The van der Waals surface area contributed by atoms with E-state index in [1.807, 2.05) is 17.5 Å². The molecule has 0 spiro atoms. The van der Waals surface area contributed by atoms with Crippen LogP contribution in [0.2, 0.25) is 0 Å². The molecule has 6 nitrogen and oxygen atoms in total. The van der Waals surface area contributed by atoms with Crippen molar-refractivity contribution in [1.82, 2.24) is 14.5 Å². The van der Waals surface area contributed by atoms with Crippen molar-refractivity contribution in [3.8, 4) is 17.3 Å². The molecule has 0 N–H and O–H groups in total. The van der Waals surface area contributed by atoms with Gasteiger partial charge in [-0.05, 0) is 24.8 Å². The van der Waals surface area contributed by atoms with Crippen molar-refractivity contribution in [1.29, 1.82) is 5.26 Å². The van der Waals surface area contributed by atoms with Crippen LogP contribution in [0.5, 0.6) is 0 Å². The Morgan fingerprint density at radius 2 is 2.14 bits per heavy atom. The molecule has 1 aliphatic rings. The first-order chi connectivity index (χ1) is 13.3. The molecule has 0 radical (unpaired) electrons. The molecule has 150 valence electrons. The van der Waals surface area contributed by atoms with Gasteiger partial charge in [-0.1, -0.05) is 20.8 Å². The summed E-state index contributed by atoms with van der Waals surface area (Å²) in [6.07, 6.45) is 4.28. The van der Waals surface area contributed by atoms with Gasteiger partial charge in [-0.2, -0.15) is 5.26 Å². The fourth-order valence-corrected chi connectivity index (χ4v) is 4.34. The van der Waals surface area contributed by atoms with Crippen molar-refractivity contribution in [2.45, 2.75) is 45.6 Å². The minimum Gasteiger partial charge on any atom is -0.381 e. The summed E-state index contributed by atoms with van der Waals surface area (Å²) in [5.74, 6) is 1.54. The first-order valence-corrected chi connectivity index (χ1v) is 10.5. The second-order valence-corrected chi connectivity index (χ2v) is 9.34. The molecule has 0 aromatic carbocycles. The number of imidazole rings is 1. The number of aromatic nitrogens is 2. The predicted octanol–water partition coefficient (Wildman–Crippen LogP) is 3.93. The third-order valence-corrected chi connectivity index (χ3v) is 5.92. The van der Waals surface area contributed by atoms with Gasteiger partial charge in [-0.25, -0.2) is 4.98 Å². The molecule has 0 atom stereocenters. The van der Waals surface area contributed by atoms with Crippen LogP contribution < -0.4 is 0 Å². The molecule has 1 fully saturated rings. The van der Waals surface area contributed by atoms with E-state index >= 15 is 0 Å². The molecule has 0 aliphatic carbocycles. The molecular weight excluding hydrogens is 372 g/mol. The summed E-state index contributed by atoms with van der Waals surface area (Å²) in [6.45, 7) is 9.24. The Bertz CT molecular complexity index is 866. The Labute approximate surface area is 170 Å². The Kier molecular flexibility index (Phi) is 6.21. The monoisotopic (exact) mass is 400 g/mol. The first-order valence-electron chi connectivity index (χ1n) is 9.66. The quantitative estimate of drug-likeness (QED) is 0.713. The molecule has 3 heterocycles. The Morgan fingerprint density at radius 1 is 1.43 bits per heavy atom. The van der Waals surface area contributed by atoms with Crippen LogP contribution in [-0.2, 0) is 16.7 Å². The maximum absolute atomic E-state index is 12.4. The minimum atomic E-state index is -0.129. The number of carbonyl (C=O) groups excluding carboxylic acids is 1. The maximum Gasteiger partial charge on any atom is 0.264 e. The van der Waals surface area contributed by atoms with Crippen LogP contribution in [0.1, 0.15) is 49.1 Å². The zero-order valence-electron chi connectivity index (χ0n) is 17.1. The van der Waals surface area contributed by atoms with Crippen molar-refractivity contribution in [2.75, 3.05) is 26.8 Å². The van der Waals surface area contributed by atoms with Gasteiger partial charge in [0.2, 0.25) is 0 Å². The molecule has 3 rings (SSSR count). The summed E-state index contributed by atoms with van der Waals surface area (Å²) in [7, 11) is 1.64. The molecule has 7 heteroatoms. The lowest BCUT2D eigenvalue weighted by Gasteiger charge is -2.25. The van der Waals surface area contributed by atoms with Gasteiger partial charge in [0.25, 0.3) is 5.91 Å². The predicted molar refractivity (Wildman–Crippen MR) is 110 cm³/mol. The lowest BCUT2D eigenvalue weighted by atomic mass is 9.94. The van der Waals surface area contributed by atoms with Crippen LogP contribution in [0, 0.1) is 17.2 Å². The highest BCUT2D eigenvalue weighted by atomic mass is 32.1. The summed E-state index contributed by atoms with van der Waals surface area (Å²) in [5, 5.41) is 10.8. The van der Waals surface area contributed by atoms with E-state index in [0.717, 1.165) is 49.7 Å². The zero-order chi connectivity index (χ0) is 20.3. The average Bonchev–Trinajstić information content (AvgIpc) is 3.29. The van der Waals surface area contributed by atoms with Gasteiger partial charge in [0.1, 0.15) is 12.4 Å². The second kappa shape index (κ2) is 8.46. The van der Waals surface area contributed by atoms with Gasteiger partial charge < -0.3 is 14.2 Å². The van der Waals surface area contributed by atoms with Crippen molar-refractivity contribution < 1.29 is 9.53 Å². The third kappa shape index (κ3) is 4.62. The highest BCUT2D eigenvalue weighted by Crippen LogP contribution is 2.31. The molecule has 2 aromatic rings. The number of hydrogen-bond donors (Lipinski definition) is 0. The Hall–Kier alpha value is -2.17. The topological polar surface area (TPSA) is 71.2 Å². The molecule has 0 bridgehead atoms. The second-order valence-electron chi connectivity index (χ2n) is 8.43. The molecule has 1 saturated heterocycles. The molecule has 1 aliphatic heterocycles. The molecule has 0 unspecified atom stereocenters. The van der Waals surface area contributed by atoms with E-state index in [4.69, 9.17) is 15.0 Å². The molecule has 1 amide bonds. The smallest absolute Gasteiger partial charge is 0.264 e. The highest BCUT2D eigenvalue weighted by molar-refractivity contribution is 7.12. The fourth-order valence-electron chi connectivity index (χ4n) is 3.45. The SMILES string of the molecule is CN(CC#N)C(=O)c1cc(-c2cn(CC3CCOCC3)c(C(C)(C)C)n2)cs1. The number of ether oxygens (including phenoxy) is 1. The van der Waals surface area contributed by atoms with Crippen LogP contribution in [0.15, 0.2) is 17.6 Å². The van der Waals surface area contributed by atoms with Crippen LogP contribution in [0.3, 0.4) is 0 Å². The lowest BCUT2D eigenvalue weighted by molar-refractivity contribution is 0.0607. The van der Waals surface area contributed by atoms with E-state index in [0.29, 0.717) is 10.8 Å². The summed E-state index contributed by atoms with van der Waals surface area (Å²) in [4.78, 5) is 19.4. The van der Waals surface area contributed by atoms with Crippen molar-refractivity contribution >= 4 is 17.2 Å². The van der Waals surface area contributed by atoms with Gasteiger partial charge in [0.05, 0.1) is 16.6 Å². The molecular formula is C21H28N4O2S. The first kappa shape index (κ1) is 20.6. The van der Waals surface area contributed by atoms with Crippen molar-refractivity contribution in [3.05, 3.63) is 28.3 Å². The van der Waals surface area contributed by atoms with Crippen molar-refractivity contribution in [2.24, 2.45) is 5.92 Å². The molecule has 0 saturated carbocycles. The minimum absolute atomic E-state index is 0.0644. The van der Waals surface area contributed by atoms with Crippen LogP contribution >= 0.6 is 11.3 Å². The number of thiophene rings is 1. The number of hydrogen-bond acceptors (Lipinski definition) is 5. The standard InChI is InChI=1S/C21H28N4O2S/c1-21(2,3)20-23-17(13-25(20)12-15-5-9-27-10-6-15)16-11-18(28-14-16)19(26)24(4)8-7-22/h11,13-15H,5-6,8-10,12H2,1-4H3. The van der Waals surface area contributed by atoms with Gasteiger partial charge >= 0.3 is 0 Å². The number of amides is 1. The summed E-state index contributed by atoms with van der Waals surface area (Å²) in [5.41, 5.74) is 1.79. The van der Waals surface area contributed by atoms with Gasteiger partial charge in [0.15, 0.2) is 0 Å². The summed E-state index contributed by atoms with van der Waals surface area (Å²) in [6, 6.07) is 3.89. The third-order valence-electron chi connectivity index (χ3n) is 5.00. The maximum atomic E-state index is 12.4. The number of nitriles is 1. The average molecular weight is 401 g/mol. The normalized spacial score (nSPS) is 15.4. The van der Waals surface area contributed by atoms with Crippen molar-refractivity contribution in [3.63, 3.8) is 0 Å². The molecule has 28 heavy (non-hydrogen) atoms. The van der Waals surface area contributed by atoms with Gasteiger partial charge in [-0.15, -0.1) is 11.3 Å². The lowest BCUT2D eigenvalue weighted by Crippen LogP contribution is -2.26. The van der Waals surface area contributed by atoms with E-state index in [2.05, 4.69) is 31.5 Å². The molecule has 2 aromatic heterocycles. The van der Waals surface area contributed by atoms with Crippen LogP contribution in [0.4, 0.5) is 0 Å². The van der Waals surface area contributed by atoms with Gasteiger partial charge in [-0.3, -0.25) is 4.79 Å². The van der Waals surface area contributed by atoms with Crippen LogP contribution in [-0.4, -0.2) is 47.2 Å². The Morgan fingerprint density at radius 3 is 2.79 bits per heavy atom. The summed E-state index contributed by atoms with van der Waals surface area (Å²) < 4.78 is 7.78. The fraction of sp³-hybridized carbons (Fsp3) is 0.571. The van der Waals surface area contributed by atoms with E-state index in [9.17, 15) is 4.79 Å². The Balaban J connectivity index is 1.86. The van der Waals surface area contributed by atoms with E-state index < -0.39 is 0 Å². The van der Waals surface area contributed by atoms with E-state index in [1.165, 1.54) is 16.2 Å². The van der Waals surface area contributed by atoms with Gasteiger partial charge in [0, 0.05) is 49.4 Å². The van der Waals surface area contributed by atoms with E-state index in [1.54, 1.807) is 7.05 Å². The zero-order valence-corrected chi connectivity index (χ0v) is 17.9. The number of carbonyl (C=O) groups is 1. The number of rotatable bonds is 5. The summed E-state index contributed by atoms with van der Waals surface area (Å²) >= 11 is 1.40. The number of nitrogens with zero attached hydrogens (tertiary/aromatic N) is 4. The van der Waals surface area contributed by atoms with E-state index in [-0.39, 0.29) is 17.9 Å².